The topological polar surface area (TPSA) is 119 Å². The Balaban J connectivity index is 1.54. The molecule has 1 aliphatic rings. The first-order chi connectivity index (χ1) is 15.3. The fraction of sp³-hybridized carbons (Fsp3) is 0.348. The Morgan fingerprint density at radius 3 is 2.34 bits per heavy atom. The van der Waals surface area contributed by atoms with E-state index in [1.165, 1.54) is 24.3 Å². The summed E-state index contributed by atoms with van der Waals surface area (Å²) in [5.41, 5.74) is 0.538. The summed E-state index contributed by atoms with van der Waals surface area (Å²) in [4.78, 5) is 49.8. The number of likely N-dealkylation sites (tertiary alicyclic amines) is 1. The molecular formula is C23H25N3O6. The van der Waals surface area contributed by atoms with Crippen LogP contribution in [0, 0.1) is 16.0 Å². The minimum atomic E-state index is -0.796. The fourth-order valence-electron chi connectivity index (χ4n) is 3.73. The number of carbonyl (C=O) groups excluding carboxylic acids is 3. The van der Waals surface area contributed by atoms with Crippen LogP contribution in [0.1, 0.15) is 40.5 Å². The van der Waals surface area contributed by atoms with Crippen LogP contribution >= 0.6 is 0 Å². The number of non-ortho nitro benzene ring substituents is 1. The van der Waals surface area contributed by atoms with Crippen molar-refractivity contribution in [2.75, 3.05) is 20.2 Å². The minimum Gasteiger partial charge on any atom is -0.497 e. The van der Waals surface area contributed by atoms with Gasteiger partial charge in [0.05, 0.1) is 12.0 Å². The summed E-state index contributed by atoms with van der Waals surface area (Å²) in [6.07, 6.45) is 1.09. The predicted molar refractivity (Wildman–Crippen MR) is 117 cm³/mol. The second-order valence-electron chi connectivity index (χ2n) is 7.69. The monoisotopic (exact) mass is 439 g/mol. The predicted octanol–water partition coefficient (Wildman–Crippen LogP) is 2.84. The molecule has 1 unspecified atom stereocenters. The zero-order valence-corrected chi connectivity index (χ0v) is 17.9. The Morgan fingerprint density at radius 1 is 1.09 bits per heavy atom. The lowest BCUT2D eigenvalue weighted by Gasteiger charge is -2.33. The van der Waals surface area contributed by atoms with Crippen molar-refractivity contribution in [3.05, 3.63) is 69.8 Å². The number of carbonyl (C=O) groups is 3. The highest BCUT2D eigenvalue weighted by atomic mass is 16.6. The smallest absolute Gasteiger partial charge is 0.270 e. The molecule has 1 heterocycles. The van der Waals surface area contributed by atoms with E-state index >= 15 is 0 Å². The van der Waals surface area contributed by atoms with Crippen LogP contribution in [0.15, 0.2) is 48.5 Å². The highest BCUT2D eigenvalue weighted by molar-refractivity contribution is 5.99. The zero-order chi connectivity index (χ0) is 23.3. The number of piperidine rings is 1. The summed E-state index contributed by atoms with van der Waals surface area (Å²) in [6.45, 7) is 2.41. The van der Waals surface area contributed by atoms with Crippen molar-refractivity contribution in [2.24, 2.45) is 5.92 Å². The average molecular weight is 439 g/mol. The van der Waals surface area contributed by atoms with Gasteiger partial charge >= 0.3 is 0 Å². The second-order valence-corrected chi connectivity index (χ2v) is 7.69. The highest BCUT2D eigenvalue weighted by Gasteiger charge is 2.30. The van der Waals surface area contributed by atoms with Gasteiger partial charge in [-0.3, -0.25) is 24.5 Å². The van der Waals surface area contributed by atoms with Gasteiger partial charge in [0.2, 0.25) is 5.91 Å². The summed E-state index contributed by atoms with van der Waals surface area (Å²) in [7, 11) is 1.57. The summed E-state index contributed by atoms with van der Waals surface area (Å²) < 4.78 is 5.11. The van der Waals surface area contributed by atoms with Gasteiger partial charge in [-0.25, -0.2) is 0 Å². The molecule has 0 aromatic heterocycles. The number of ketones is 1. The number of nitrogens with zero attached hydrogens (tertiary/aromatic N) is 2. The normalized spacial score (nSPS) is 15.0. The Morgan fingerprint density at radius 2 is 1.75 bits per heavy atom. The molecule has 9 nitrogen and oxygen atoms in total. The summed E-state index contributed by atoms with van der Waals surface area (Å²) in [5, 5.41) is 13.5. The van der Waals surface area contributed by atoms with E-state index in [0.29, 0.717) is 37.2 Å². The number of hydrogen-bond donors (Lipinski definition) is 1. The molecule has 0 spiro atoms. The van der Waals surface area contributed by atoms with Crippen molar-refractivity contribution in [3.63, 3.8) is 0 Å². The molecule has 0 saturated carbocycles. The van der Waals surface area contributed by atoms with Gasteiger partial charge in [0.1, 0.15) is 11.8 Å². The third-order valence-corrected chi connectivity index (χ3v) is 5.59. The van der Waals surface area contributed by atoms with E-state index in [1.807, 2.05) is 0 Å². The van der Waals surface area contributed by atoms with Crippen LogP contribution in [-0.4, -0.2) is 53.7 Å². The van der Waals surface area contributed by atoms with Gasteiger partial charge in [-0.2, -0.15) is 0 Å². The number of nitro groups is 1. The minimum absolute atomic E-state index is 0.0479. The lowest BCUT2D eigenvalue weighted by molar-refractivity contribution is -0.384. The molecule has 2 amide bonds. The van der Waals surface area contributed by atoms with Crippen LogP contribution in [0.4, 0.5) is 5.69 Å². The van der Waals surface area contributed by atoms with Gasteiger partial charge in [0, 0.05) is 42.3 Å². The molecule has 1 fully saturated rings. The zero-order valence-electron chi connectivity index (χ0n) is 17.9. The third kappa shape index (κ3) is 5.29. The number of rotatable bonds is 7. The molecule has 2 aromatic rings. The fourth-order valence-corrected chi connectivity index (χ4v) is 3.73. The van der Waals surface area contributed by atoms with Gasteiger partial charge in [-0.15, -0.1) is 0 Å². The van der Waals surface area contributed by atoms with E-state index < -0.39 is 16.9 Å². The summed E-state index contributed by atoms with van der Waals surface area (Å²) >= 11 is 0. The van der Waals surface area contributed by atoms with E-state index in [9.17, 15) is 24.5 Å². The van der Waals surface area contributed by atoms with Crippen LogP contribution in [0.3, 0.4) is 0 Å². The molecule has 1 aliphatic heterocycles. The molecule has 0 aliphatic carbocycles. The molecule has 168 valence electrons. The van der Waals surface area contributed by atoms with Crippen LogP contribution in [0.2, 0.25) is 0 Å². The molecular weight excluding hydrogens is 414 g/mol. The van der Waals surface area contributed by atoms with Gasteiger partial charge in [-0.1, -0.05) is 6.07 Å². The van der Waals surface area contributed by atoms with E-state index in [4.69, 9.17) is 4.74 Å². The van der Waals surface area contributed by atoms with Crippen molar-refractivity contribution < 1.29 is 24.0 Å². The summed E-state index contributed by atoms with van der Waals surface area (Å²) in [5.74, 6) is -0.240. The molecule has 1 N–H and O–H groups in total. The molecule has 0 radical (unpaired) electrons. The van der Waals surface area contributed by atoms with Gasteiger partial charge in [0.15, 0.2) is 5.78 Å². The van der Waals surface area contributed by atoms with Gasteiger partial charge in [-0.05, 0) is 50.1 Å². The van der Waals surface area contributed by atoms with Crippen molar-refractivity contribution in [1.82, 2.24) is 10.2 Å². The first-order valence-electron chi connectivity index (χ1n) is 10.3. The van der Waals surface area contributed by atoms with Crippen LogP contribution in [0.5, 0.6) is 5.75 Å². The van der Waals surface area contributed by atoms with E-state index in [2.05, 4.69) is 5.32 Å². The van der Waals surface area contributed by atoms with Crippen LogP contribution in [-0.2, 0) is 4.79 Å². The first-order valence-corrected chi connectivity index (χ1v) is 10.3. The molecule has 1 saturated heterocycles. The number of amides is 2. The Kier molecular flexibility index (Phi) is 7.19. The number of ether oxygens (including phenoxy) is 1. The number of hydrogen-bond acceptors (Lipinski definition) is 6. The maximum absolute atomic E-state index is 12.8. The second kappa shape index (κ2) is 10.0. The largest absolute Gasteiger partial charge is 0.497 e. The average Bonchev–Trinajstić information content (AvgIpc) is 2.83. The molecule has 9 heteroatoms. The van der Waals surface area contributed by atoms with Crippen molar-refractivity contribution in [2.45, 2.75) is 25.8 Å². The Bertz CT molecular complexity index is 1010. The molecule has 0 bridgehead atoms. The molecule has 2 aromatic carbocycles. The lowest BCUT2D eigenvalue weighted by Crippen LogP contribution is -2.49. The van der Waals surface area contributed by atoms with Crippen molar-refractivity contribution in [1.29, 1.82) is 0 Å². The SMILES string of the molecule is COc1ccc(C(=O)C2CCN(C(=O)C(C)NC(=O)c3cccc([N+](=O)[O-])c3)CC2)cc1. The molecule has 1 atom stereocenters. The standard InChI is InChI=1S/C23H25N3O6/c1-15(24-22(28)18-4-3-5-19(14-18)26(30)31)23(29)25-12-10-17(11-13-25)21(27)16-6-8-20(32-2)9-7-16/h3-9,14-15,17H,10-13H2,1-2H3,(H,24,28). The summed E-state index contributed by atoms with van der Waals surface area (Å²) in [6, 6.07) is 11.5. The molecule has 3 rings (SSSR count). The van der Waals surface area contributed by atoms with E-state index in [-0.39, 0.29) is 28.9 Å². The quantitative estimate of drug-likeness (QED) is 0.403. The maximum atomic E-state index is 12.8. The Hall–Kier alpha value is -3.75. The lowest BCUT2D eigenvalue weighted by atomic mass is 9.88. The number of nitrogens with one attached hydrogen (secondary N) is 1. The van der Waals surface area contributed by atoms with Crippen molar-refractivity contribution in [3.8, 4) is 5.75 Å². The maximum Gasteiger partial charge on any atom is 0.270 e. The number of benzene rings is 2. The molecule has 32 heavy (non-hydrogen) atoms. The first kappa shape index (κ1) is 22.9. The van der Waals surface area contributed by atoms with E-state index in [1.54, 1.807) is 43.2 Å². The van der Waals surface area contributed by atoms with Crippen molar-refractivity contribution >= 4 is 23.3 Å². The van der Waals surface area contributed by atoms with Gasteiger partial charge < -0.3 is 15.0 Å². The highest BCUT2D eigenvalue weighted by Crippen LogP contribution is 2.23. The number of methoxy groups -OCH3 is 1. The number of Topliss-reactive ketones (excluding diaryl/α,β-unsaturated/α-hetero) is 1. The van der Waals surface area contributed by atoms with Crippen LogP contribution in [0.25, 0.3) is 0 Å². The Labute approximate surface area is 185 Å². The number of nitro benzene ring substituents is 1. The third-order valence-electron chi connectivity index (χ3n) is 5.59. The van der Waals surface area contributed by atoms with Gasteiger partial charge in [0.25, 0.3) is 11.6 Å². The van der Waals surface area contributed by atoms with Crippen LogP contribution < -0.4 is 10.1 Å². The van der Waals surface area contributed by atoms with E-state index in [0.717, 1.165) is 0 Å².